The Hall–Kier alpha value is -1.50. The van der Waals surface area contributed by atoms with Gasteiger partial charge in [0.1, 0.15) is 5.76 Å². The van der Waals surface area contributed by atoms with Gasteiger partial charge in [-0.2, -0.15) is 0 Å². The smallest absolute Gasteiger partial charge is 0.193 e. The average molecular weight is 399 g/mol. The third kappa shape index (κ3) is 6.20. The molecule has 114 valence electrons. The first kappa shape index (κ1) is 17.6. The molecule has 0 fully saturated rings. The lowest BCUT2D eigenvalue weighted by Crippen LogP contribution is -2.37. The van der Waals surface area contributed by atoms with Crippen LogP contribution in [-0.2, 0) is 13.0 Å². The van der Waals surface area contributed by atoms with Crippen molar-refractivity contribution in [3.05, 3.63) is 60.1 Å². The standard InChI is InChI=1S/C16H21N3O.HI/c1-19(2)16(17-11-10-15-9-6-12-20-15)18-13-14-7-4-3-5-8-14;/h3-9,12H,10-11,13H2,1-2H3,(H,17,18);1H. The third-order valence-electron chi connectivity index (χ3n) is 2.91. The monoisotopic (exact) mass is 399 g/mol. The maximum absolute atomic E-state index is 5.31. The minimum Gasteiger partial charge on any atom is -0.469 e. The number of halogens is 1. The number of rotatable bonds is 5. The third-order valence-corrected chi connectivity index (χ3v) is 2.91. The van der Waals surface area contributed by atoms with E-state index in [9.17, 15) is 0 Å². The van der Waals surface area contributed by atoms with Gasteiger partial charge in [-0.25, -0.2) is 4.99 Å². The Bertz CT molecular complexity index is 524. The summed E-state index contributed by atoms with van der Waals surface area (Å²) < 4.78 is 5.31. The Morgan fingerprint density at radius 2 is 1.90 bits per heavy atom. The highest BCUT2D eigenvalue weighted by Crippen LogP contribution is 2.02. The molecule has 0 radical (unpaired) electrons. The van der Waals surface area contributed by atoms with Crippen LogP contribution in [0.5, 0.6) is 0 Å². The summed E-state index contributed by atoms with van der Waals surface area (Å²) in [6.07, 6.45) is 2.55. The van der Waals surface area contributed by atoms with Crippen molar-refractivity contribution in [2.24, 2.45) is 4.99 Å². The number of hydrogen-bond donors (Lipinski definition) is 1. The highest BCUT2D eigenvalue weighted by atomic mass is 127. The molecule has 4 nitrogen and oxygen atoms in total. The number of furan rings is 1. The van der Waals surface area contributed by atoms with Gasteiger partial charge in [-0.1, -0.05) is 30.3 Å². The van der Waals surface area contributed by atoms with E-state index in [4.69, 9.17) is 4.42 Å². The number of aliphatic imine (C=N–C) groups is 1. The van der Waals surface area contributed by atoms with Gasteiger partial charge < -0.3 is 14.6 Å². The van der Waals surface area contributed by atoms with Gasteiger partial charge in [-0.15, -0.1) is 24.0 Å². The van der Waals surface area contributed by atoms with Crippen LogP contribution in [0.3, 0.4) is 0 Å². The lowest BCUT2D eigenvalue weighted by atomic mass is 10.2. The van der Waals surface area contributed by atoms with Crippen LogP contribution in [-0.4, -0.2) is 31.5 Å². The molecule has 1 aromatic heterocycles. The molecule has 0 saturated carbocycles. The molecule has 21 heavy (non-hydrogen) atoms. The van der Waals surface area contributed by atoms with E-state index in [1.807, 2.05) is 49.3 Å². The Morgan fingerprint density at radius 1 is 1.14 bits per heavy atom. The Kier molecular flexibility index (Phi) is 7.89. The topological polar surface area (TPSA) is 40.8 Å². The minimum absolute atomic E-state index is 0. The summed E-state index contributed by atoms with van der Waals surface area (Å²) in [4.78, 5) is 6.60. The Labute approximate surface area is 143 Å². The first-order valence-electron chi connectivity index (χ1n) is 6.77. The van der Waals surface area contributed by atoms with Crippen LogP contribution in [0.25, 0.3) is 0 Å². The van der Waals surface area contributed by atoms with Crippen LogP contribution in [0.1, 0.15) is 11.3 Å². The van der Waals surface area contributed by atoms with Crippen LogP contribution >= 0.6 is 24.0 Å². The van der Waals surface area contributed by atoms with E-state index < -0.39 is 0 Å². The minimum atomic E-state index is 0. The summed E-state index contributed by atoms with van der Waals surface area (Å²) in [6, 6.07) is 14.1. The lowest BCUT2D eigenvalue weighted by molar-refractivity contribution is 0.502. The van der Waals surface area contributed by atoms with Crippen molar-refractivity contribution in [3.8, 4) is 0 Å². The number of nitrogens with one attached hydrogen (secondary N) is 1. The SMILES string of the molecule is CN(C)C(=NCc1ccccc1)NCCc1ccco1.I. The fourth-order valence-corrected chi connectivity index (χ4v) is 1.86. The molecule has 1 aromatic carbocycles. The van der Waals surface area contributed by atoms with Gasteiger partial charge in [0, 0.05) is 27.1 Å². The maximum Gasteiger partial charge on any atom is 0.193 e. The van der Waals surface area contributed by atoms with Crippen molar-refractivity contribution in [2.75, 3.05) is 20.6 Å². The van der Waals surface area contributed by atoms with E-state index in [1.165, 1.54) is 5.56 Å². The molecule has 0 atom stereocenters. The molecule has 0 bridgehead atoms. The van der Waals surface area contributed by atoms with Gasteiger partial charge in [0.25, 0.3) is 0 Å². The van der Waals surface area contributed by atoms with Crippen LogP contribution < -0.4 is 5.32 Å². The summed E-state index contributed by atoms with van der Waals surface area (Å²) >= 11 is 0. The molecule has 0 aliphatic carbocycles. The molecule has 2 rings (SSSR count). The van der Waals surface area contributed by atoms with E-state index in [2.05, 4.69) is 22.4 Å². The zero-order valence-electron chi connectivity index (χ0n) is 12.5. The molecule has 5 heteroatoms. The second kappa shape index (κ2) is 9.44. The summed E-state index contributed by atoms with van der Waals surface area (Å²) in [7, 11) is 3.98. The molecule has 0 amide bonds. The van der Waals surface area contributed by atoms with Gasteiger partial charge in [-0.3, -0.25) is 0 Å². The van der Waals surface area contributed by atoms with E-state index in [-0.39, 0.29) is 24.0 Å². The van der Waals surface area contributed by atoms with E-state index >= 15 is 0 Å². The normalized spacial score (nSPS) is 10.9. The molecule has 0 aliphatic rings. The molecule has 0 spiro atoms. The fraction of sp³-hybridized carbons (Fsp3) is 0.312. The molecule has 0 unspecified atom stereocenters. The number of hydrogen-bond acceptors (Lipinski definition) is 2. The molecule has 1 N–H and O–H groups in total. The summed E-state index contributed by atoms with van der Waals surface area (Å²) in [5, 5.41) is 3.34. The van der Waals surface area contributed by atoms with Gasteiger partial charge in [-0.05, 0) is 17.7 Å². The first-order chi connectivity index (χ1) is 9.75. The van der Waals surface area contributed by atoms with Crippen LogP contribution in [0, 0.1) is 0 Å². The maximum atomic E-state index is 5.31. The predicted molar refractivity (Wildman–Crippen MR) is 97.1 cm³/mol. The zero-order chi connectivity index (χ0) is 14.2. The number of benzene rings is 1. The van der Waals surface area contributed by atoms with E-state index in [0.717, 1.165) is 24.7 Å². The fourth-order valence-electron chi connectivity index (χ4n) is 1.86. The Morgan fingerprint density at radius 3 is 2.52 bits per heavy atom. The first-order valence-corrected chi connectivity index (χ1v) is 6.77. The number of nitrogens with zero attached hydrogens (tertiary/aromatic N) is 2. The van der Waals surface area contributed by atoms with Gasteiger partial charge in [0.05, 0.1) is 12.8 Å². The van der Waals surface area contributed by atoms with Gasteiger partial charge in [0.2, 0.25) is 0 Å². The van der Waals surface area contributed by atoms with Gasteiger partial charge >= 0.3 is 0 Å². The highest BCUT2D eigenvalue weighted by molar-refractivity contribution is 14.0. The van der Waals surface area contributed by atoms with Crippen molar-refractivity contribution in [1.29, 1.82) is 0 Å². The largest absolute Gasteiger partial charge is 0.469 e. The average Bonchev–Trinajstić information content (AvgIpc) is 2.96. The lowest BCUT2D eigenvalue weighted by Gasteiger charge is -2.17. The summed E-state index contributed by atoms with van der Waals surface area (Å²) in [5.74, 6) is 1.87. The van der Waals surface area contributed by atoms with Crippen molar-refractivity contribution in [1.82, 2.24) is 10.2 Å². The highest BCUT2D eigenvalue weighted by Gasteiger charge is 2.02. The molecular weight excluding hydrogens is 377 g/mol. The zero-order valence-corrected chi connectivity index (χ0v) is 14.8. The summed E-state index contributed by atoms with van der Waals surface area (Å²) in [6.45, 7) is 1.49. The second-order valence-corrected chi connectivity index (χ2v) is 4.78. The predicted octanol–water partition coefficient (Wildman–Crippen LogP) is 3.15. The van der Waals surface area contributed by atoms with Crippen molar-refractivity contribution in [2.45, 2.75) is 13.0 Å². The second-order valence-electron chi connectivity index (χ2n) is 4.78. The molecule has 0 aliphatic heterocycles. The van der Waals surface area contributed by atoms with E-state index in [0.29, 0.717) is 6.54 Å². The van der Waals surface area contributed by atoms with Crippen molar-refractivity contribution in [3.63, 3.8) is 0 Å². The molecule has 0 saturated heterocycles. The molecule has 1 heterocycles. The Balaban J connectivity index is 0.00000220. The quantitative estimate of drug-likeness (QED) is 0.477. The number of guanidine groups is 1. The van der Waals surface area contributed by atoms with Crippen molar-refractivity contribution >= 4 is 29.9 Å². The van der Waals surface area contributed by atoms with E-state index in [1.54, 1.807) is 6.26 Å². The van der Waals surface area contributed by atoms with Crippen LogP contribution in [0.15, 0.2) is 58.1 Å². The molecular formula is C16H22IN3O. The van der Waals surface area contributed by atoms with Crippen LogP contribution in [0.4, 0.5) is 0 Å². The van der Waals surface area contributed by atoms with Crippen molar-refractivity contribution < 1.29 is 4.42 Å². The molecule has 2 aromatic rings. The van der Waals surface area contributed by atoms with Gasteiger partial charge in [0.15, 0.2) is 5.96 Å². The summed E-state index contributed by atoms with van der Waals surface area (Å²) in [5.41, 5.74) is 1.21. The van der Waals surface area contributed by atoms with Crippen LogP contribution in [0.2, 0.25) is 0 Å².